The molecular formula is C25H17N3O4S2. The average Bonchev–Trinajstić information content (AvgIpc) is 3.48. The van der Waals surface area contributed by atoms with Crippen molar-refractivity contribution < 1.29 is 14.5 Å². The standard InChI is InChI=1S/C25H17N3O4S2/c29-20(24-26-18-5-1-3-7-22(18)33-24)13-16(15-9-11-17(12-10-15)28(31)32)14-21(30)25-27-19-6-2-4-8-23(19)34-25/h1-12,16H,13-14H2. The summed E-state index contributed by atoms with van der Waals surface area (Å²) in [5.41, 5.74) is 2.16. The molecule has 168 valence electrons. The third kappa shape index (κ3) is 4.48. The van der Waals surface area contributed by atoms with Gasteiger partial charge in [0.2, 0.25) is 0 Å². The molecule has 0 bridgehead atoms. The van der Waals surface area contributed by atoms with E-state index in [4.69, 9.17) is 0 Å². The molecule has 0 aliphatic carbocycles. The fraction of sp³-hybridized carbons (Fsp3) is 0.120. The van der Waals surface area contributed by atoms with E-state index >= 15 is 0 Å². The molecule has 5 rings (SSSR count). The Morgan fingerprint density at radius 2 is 1.24 bits per heavy atom. The maximum Gasteiger partial charge on any atom is 0.269 e. The largest absolute Gasteiger partial charge is 0.291 e. The summed E-state index contributed by atoms with van der Waals surface area (Å²) in [6.45, 7) is 0. The molecule has 0 saturated carbocycles. The second-order valence-corrected chi connectivity index (χ2v) is 9.83. The maximum atomic E-state index is 13.1. The number of nitro benzene ring substituents is 1. The van der Waals surface area contributed by atoms with Gasteiger partial charge >= 0.3 is 0 Å². The van der Waals surface area contributed by atoms with Crippen LogP contribution in [0.2, 0.25) is 0 Å². The van der Waals surface area contributed by atoms with E-state index < -0.39 is 10.8 Å². The number of Topliss-reactive ketones (excluding diaryl/α,β-unsaturated/α-hetero) is 2. The molecule has 0 aliphatic heterocycles. The molecule has 3 aromatic carbocycles. The molecule has 0 N–H and O–H groups in total. The molecule has 0 amide bonds. The molecule has 0 radical (unpaired) electrons. The fourth-order valence-corrected chi connectivity index (χ4v) is 5.61. The number of aromatic nitrogens is 2. The van der Waals surface area contributed by atoms with Crippen LogP contribution in [0.4, 0.5) is 5.69 Å². The zero-order valence-electron chi connectivity index (χ0n) is 17.7. The van der Waals surface area contributed by atoms with Gasteiger partial charge in [0.15, 0.2) is 21.6 Å². The lowest BCUT2D eigenvalue weighted by atomic mass is 9.89. The van der Waals surface area contributed by atoms with Gasteiger partial charge < -0.3 is 0 Å². The minimum Gasteiger partial charge on any atom is -0.291 e. The van der Waals surface area contributed by atoms with Crippen LogP contribution < -0.4 is 0 Å². The van der Waals surface area contributed by atoms with Crippen molar-refractivity contribution in [3.63, 3.8) is 0 Å². The highest BCUT2D eigenvalue weighted by Crippen LogP contribution is 2.32. The van der Waals surface area contributed by atoms with Crippen molar-refractivity contribution >= 4 is 60.4 Å². The molecule has 0 saturated heterocycles. The van der Waals surface area contributed by atoms with Crippen LogP contribution in [0.3, 0.4) is 0 Å². The number of nitro groups is 1. The minimum absolute atomic E-state index is 0.0440. The Morgan fingerprint density at radius 3 is 1.68 bits per heavy atom. The first-order valence-corrected chi connectivity index (χ1v) is 12.1. The van der Waals surface area contributed by atoms with Gasteiger partial charge in [-0.25, -0.2) is 9.97 Å². The van der Waals surface area contributed by atoms with Crippen molar-refractivity contribution in [2.24, 2.45) is 0 Å². The molecule has 9 heteroatoms. The van der Waals surface area contributed by atoms with Gasteiger partial charge in [-0.2, -0.15) is 0 Å². The third-order valence-electron chi connectivity index (χ3n) is 5.50. The molecular weight excluding hydrogens is 470 g/mol. The first-order valence-electron chi connectivity index (χ1n) is 10.5. The number of benzene rings is 3. The molecule has 34 heavy (non-hydrogen) atoms. The smallest absolute Gasteiger partial charge is 0.269 e. The summed E-state index contributed by atoms with van der Waals surface area (Å²) in [7, 11) is 0. The van der Waals surface area contributed by atoms with E-state index in [1.807, 2.05) is 48.5 Å². The zero-order chi connectivity index (χ0) is 23.7. The summed E-state index contributed by atoms with van der Waals surface area (Å²) < 4.78 is 1.84. The number of fused-ring (bicyclic) bond motifs is 2. The topological polar surface area (TPSA) is 103 Å². The molecule has 0 fully saturated rings. The first-order chi connectivity index (χ1) is 16.5. The van der Waals surface area contributed by atoms with Crippen molar-refractivity contribution in [3.05, 3.63) is 98.5 Å². The Bertz CT molecular complexity index is 1380. The number of rotatable bonds is 8. The molecule has 7 nitrogen and oxygen atoms in total. The molecule has 2 heterocycles. The summed E-state index contributed by atoms with van der Waals surface area (Å²) in [5.74, 6) is -0.789. The van der Waals surface area contributed by atoms with Crippen LogP contribution in [-0.4, -0.2) is 26.5 Å². The second-order valence-electron chi connectivity index (χ2n) is 7.77. The van der Waals surface area contributed by atoms with Gasteiger partial charge in [0.05, 0.1) is 25.4 Å². The van der Waals surface area contributed by atoms with Gasteiger partial charge in [-0.05, 0) is 35.7 Å². The summed E-state index contributed by atoms with van der Waals surface area (Å²) in [4.78, 5) is 45.8. The van der Waals surface area contributed by atoms with E-state index in [1.165, 1.54) is 34.8 Å². The number of non-ortho nitro benzene ring substituents is 1. The van der Waals surface area contributed by atoms with E-state index in [2.05, 4.69) is 9.97 Å². The van der Waals surface area contributed by atoms with Crippen molar-refractivity contribution in [1.29, 1.82) is 0 Å². The van der Waals surface area contributed by atoms with Gasteiger partial charge in [-0.3, -0.25) is 19.7 Å². The predicted molar refractivity (Wildman–Crippen MR) is 133 cm³/mol. The number of para-hydroxylation sites is 2. The van der Waals surface area contributed by atoms with E-state index in [1.54, 1.807) is 12.1 Å². The number of carbonyl (C=O) groups is 2. The van der Waals surface area contributed by atoms with Crippen molar-refractivity contribution in [3.8, 4) is 0 Å². The summed E-state index contributed by atoms with van der Waals surface area (Å²) in [5, 5.41) is 11.8. The van der Waals surface area contributed by atoms with E-state index in [9.17, 15) is 19.7 Å². The molecule has 0 unspecified atom stereocenters. The van der Waals surface area contributed by atoms with E-state index in [0.717, 1.165) is 20.4 Å². The third-order valence-corrected chi connectivity index (χ3v) is 7.66. The molecule has 0 atom stereocenters. The highest BCUT2D eigenvalue weighted by atomic mass is 32.1. The van der Waals surface area contributed by atoms with Crippen molar-refractivity contribution in [1.82, 2.24) is 9.97 Å². The first kappa shape index (κ1) is 22.0. The Morgan fingerprint density at radius 1 is 0.765 bits per heavy atom. The molecule has 0 spiro atoms. The van der Waals surface area contributed by atoms with Crippen LogP contribution in [0.25, 0.3) is 20.4 Å². The normalized spacial score (nSPS) is 11.3. The monoisotopic (exact) mass is 487 g/mol. The maximum absolute atomic E-state index is 13.1. The Kier molecular flexibility index (Phi) is 5.95. The van der Waals surface area contributed by atoms with E-state index in [-0.39, 0.29) is 30.1 Å². The molecule has 2 aromatic heterocycles. The van der Waals surface area contributed by atoms with Gasteiger partial charge in [0.1, 0.15) is 0 Å². The SMILES string of the molecule is O=C(CC(CC(=O)c1nc2ccccc2s1)c1ccc([N+](=O)[O-])cc1)c1nc2ccccc2s1. The number of hydrogen-bond donors (Lipinski definition) is 0. The lowest BCUT2D eigenvalue weighted by Crippen LogP contribution is -2.12. The van der Waals surface area contributed by atoms with Crippen LogP contribution in [0.5, 0.6) is 0 Å². The van der Waals surface area contributed by atoms with Crippen molar-refractivity contribution in [2.45, 2.75) is 18.8 Å². The number of thiazole rings is 2. The van der Waals surface area contributed by atoms with Crippen LogP contribution in [-0.2, 0) is 0 Å². The van der Waals surface area contributed by atoms with Gasteiger partial charge in [0.25, 0.3) is 5.69 Å². The summed E-state index contributed by atoms with van der Waals surface area (Å²) in [6.07, 6.45) is 0.128. The number of hydrogen-bond acceptors (Lipinski definition) is 8. The Balaban J connectivity index is 1.43. The zero-order valence-corrected chi connectivity index (χ0v) is 19.3. The highest BCUT2D eigenvalue weighted by Gasteiger charge is 2.25. The van der Waals surface area contributed by atoms with Crippen LogP contribution in [0.1, 0.15) is 43.9 Å². The van der Waals surface area contributed by atoms with Gasteiger partial charge in [-0.1, -0.05) is 36.4 Å². The van der Waals surface area contributed by atoms with Crippen molar-refractivity contribution in [2.75, 3.05) is 0 Å². The summed E-state index contributed by atoms with van der Waals surface area (Å²) in [6, 6.07) is 21.1. The minimum atomic E-state index is -0.475. The Labute approximate surface area is 201 Å². The lowest BCUT2D eigenvalue weighted by molar-refractivity contribution is -0.384. The van der Waals surface area contributed by atoms with Crippen LogP contribution >= 0.6 is 22.7 Å². The van der Waals surface area contributed by atoms with E-state index in [0.29, 0.717) is 15.6 Å². The Hall–Kier alpha value is -3.82. The van der Waals surface area contributed by atoms with Crippen LogP contribution in [0.15, 0.2) is 72.8 Å². The van der Waals surface area contributed by atoms with Gasteiger partial charge in [0, 0.05) is 25.0 Å². The lowest BCUT2D eigenvalue weighted by Gasteiger charge is -2.15. The molecule has 0 aliphatic rings. The average molecular weight is 488 g/mol. The number of carbonyl (C=O) groups excluding carboxylic acids is 2. The predicted octanol–water partition coefficient (Wildman–Crippen LogP) is 6.44. The summed E-state index contributed by atoms with van der Waals surface area (Å²) >= 11 is 2.64. The second kappa shape index (κ2) is 9.20. The van der Waals surface area contributed by atoms with Crippen LogP contribution in [0, 0.1) is 10.1 Å². The fourth-order valence-electron chi connectivity index (χ4n) is 3.78. The quantitative estimate of drug-likeness (QED) is 0.142. The molecule has 5 aromatic rings. The number of nitrogens with zero attached hydrogens (tertiary/aromatic N) is 3. The number of ketones is 2. The van der Waals surface area contributed by atoms with Gasteiger partial charge in [-0.15, -0.1) is 22.7 Å². The highest BCUT2D eigenvalue weighted by molar-refractivity contribution is 7.20.